The fourth-order valence-electron chi connectivity index (χ4n) is 4.91. The van der Waals surface area contributed by atoms with Crippen LogP contribution in [0.1, 0.15) is 40.4 Å². The predicted octanol–water partition coefficient (Wildman–Crippen LogP) is 7.29. The number of hydrogen-bond donors (Lipinski definition) is 5. The van der Waals surface area contributed by atoms with Crippen molar-refractivity contribution in [1.82, 2.24) is 15.3 Å². The van der Waals surface area contributed by atoms with Gasteiger partial charge in [0.2, 0.25) is 0 Å². The Labute approximate surface area is 289 Å². The number of anilines is 1. The lowest BCUT2D eigenvalue weighted by Gasteiger charge is -2.15. The molecule has 49 heavy (non-hydrogen) atoms. The molecule has 1 unspecified atom stereocenters. The van der Waals surface area contributed by atoms with E-state index in [2.05, 4.69) is 20.6 Å². The number of aromatic amines is 2. The minimum absolute atomic E-state index is 0.198. The third kappa shape index (κ3) is 9.86. The molecule has 2 aromatic heterocycles. The first-order valence-electron chi connectivity index (χ1n) is 15.8. The molecular weight excluding hydrogens is 644 g/mol. The van der Waals surface area contributed by atoms with Gasteiger partial charge in [-0.15, -0.1) is 0 Å². The van der Waals surface area contributed by atoms with Gasteiger partial charge in [0.25, 0.3) is 11.1 Å². The van der Waals surface area contributed by atoms with E-state index < -0.39 is 11.3 Å². The fraction of sp³-hybridized carbons (Fsp3) is 0.211. The molecular formula is C38H39ClN4O6. The molecule has 0 spiro atoms. The van der Waals surface area contributed by atoms with Crippen molar-refractivity contribution in [3.05, 3.63) is 120 Å². The Morgan fingerprint density at radius 3 is 2.27 bits per heavy atom. The van der Waals surface area contributed by atoms with Crippen LogP contribution in [0.5, 0.6) is 17.2 Å². The van der Waals surface area contributed by atoms with Crippen LogP contribution in [0.4, 0.5) is 5.69 Å². The summed E-state index contributed by atoms with van der Waals surface area (Å²) in [5.74, 6) is 1.87. The van der Waals surface area contributed by atoms with Gasteiger partial charge >= 0.3 is 0 Å². The first-order chi connectivity index (χ1) is 23.7. The summed E-state index contributed by atoms with van der Waals surface area (Å²) in [5, 5.41) is 17.2. The lowest BCUT2D eigenvalue weighted by molar-refractivity contribution is 0.102. The summed E-state index contributed by atoms with van der Waals surface area (Å²) in [6.07, 6.45) is -0.586. The van der Waals surface area contributed by atoms with Gasteiger partial charge in [-0.2, -0.15) is 0 Å². The van der Waals surface area contributed by atoms with Gasteiger partial charge in [-0.05, 0) is 83.9 Å². The van der Waals surface area contributed by atoms with E-state index in [0.29, 0.717) is 42.0 Å². The zero-order valence-electron chi connectivity index (χ0n) is 27.5. The van der Waals surface area contributed by atoms with Gasteiger partial charge in [0, 0.05) is 40.1 Å². The number of nitrogens with one attached hydrogen (secondary N) is 4. The number of hydrogen-bond acceptors (Lipinski definition) is 7. The Hall–Kier alpha value is -5.29. The van der Waals surface area contributed by atoms with Crippen molar-refractivity contribution in [2.75, 3.05) is 25.6 Å². The molecule has 5 N–H and O–H groups in total. The van der Waals surface area contributed by atoms with Crippen LogP contribution in [0.2, 0.25) is 0 Å². The van der Waals surface area contributed by atoms with Crippen LogP contribution < -0.4 is 24.8 Å². The molecule has 1 amide bonds. The normalized spacial score (nSPS) is 11.6. The van der Waals surface area contributed by atoms with E-state index in [0.717, 1.165) is 38.9 Å². The number of benzene rings is 4. The van der Waals surface area contributed by atoms with Crippen molar-refractivity contribution in [1.29, 1.82) is 0 Å². The first-order valence-corrected chi connectivity index (χ1v) is 16.2. The lowest BCUT2D eigenvalue weighted by Crippen LogP contribution is -2.35. The topological polar surface area (TPSA) is 138 Å². The van der Waals surface area contributed by atoms with E-state index in [-0.39, 0.29) is 12.5 Å². The van der Waals surface area contributed by atoms with Crippen LogP contribution in [0.3, 0.4) is 0 Å². The Kier molecular flexibility index (Phi) is 11.9. The Morgan fingerprint density at radius 2 is 1.55 bits per heavy atom. The molecule has 0 radical (unpaired) electrons. The molecule has 1 atom stereocenters. The van der Waals surface area contributed by atoms with Crippen molar-refractivity contribution in [3.63, 3.8) is 0 Å². The molecule has 0 saturated heterocycles. The van der Waals surface area contributed by atoms with Gasteiger partial charge in [0.05, 0.1) is 12.8 Å². The number of amides is 1. The van der Waals surface area contributed by atoms with Gasteiger partial charge in [-0.25, -0.2) is 0 Å². The number of aromatic nitrogens is 2. The number of ether oxygens (including phenoxy) is 3. The second-order valence-corrected chi connectivity index (χ2v) is 11.9. The van der Waals surface area contributed by atoms with Gasteiger partial charge in [-0.1, -0.05) is 50.2 Å². The highest BCUT2D eigenvalue weighted by Crippen LogP contribution is 2.28. The highest BCUT2D eigenvalue weighted by Gasteiger charge is 2.12. The number of methoxy groups -OCH3 is 1. The second kappa shape index (κ2) is 16.7. The maximum atomic E-state index is 12.5. The molecule has 6 rings (SSSR count). The minimum Gasteiger partial charge on any atom is -0.497 e. The Balaban J connectivity index is 0.000000204. The van der Waals surface area contributed by atoms with E-state index >= 15 is 0 Å². The van der Waals surface area contributed by atoms with Gasteiger partial charge < -0.3 is 39.9 Å². The molecule has 0 fully saturated rings. The summed E-state index contributed by atoms with van der Waals surface area (Å²) >= 11 is 5.49. The molecule has 0 saturated carbocycles. The molecule has 11 heteroatoms. The minimum atomic E-state index is -0.586. The summed E-state index contributed by atoms with van der Waals surface area (Å²) in [6.45, 7) is 5.20. The van der Waals surface area contributed by atoms with Crippen LogP contribution in [0.15, 0.2) is 103 Å². The zero-order valence-corrected chi connectivity index (χ0v) is 28.2. The molecule has 0 bridgehead atoms. The molecule has 10 nitrogen and oxygen atoms in total. The highest BCUT2D eigenvalue weighted by molar-refractivity contribution is 6.67. The summed E-state index contributed by atoms with van der Waals surface area (Å²) in [7, 11) is 1.61. The van der Waals surface area contributed by atoms with E-state index in [1.807, 2.05) is 80.6 Å². The van der Waals surface area contributed by atoms with Gasteiger partial charge in [-0.3, -0.25) is 9.59 Å². The third-order valence-corrected chi connectivity index (χ3v) is 7.67. The molecule has 6 aromatic rings. The number of aliphatic hydroxyl groups is 1. The number of halogens is 1. The zero-order chi connectivity index (χ0) is 34.8. The third-order valence-electron chi connectivity index (χ3n) is 7.46. The van der Waals surface area contributed by atoms with Crippen molar-refractivity contribution >= 4 is 50.2 Å². The molecule has 0 aliphatic rings. The maximum Gasteiger partial charge on any atom is 0.272 e. The maximum absolute atomic E-state index is 12.5. The van der Waals surface area contributed by atoms with Crippen molar-refractivity contribution in [2.24, 2.45) is 0 Å². The number of carbonyl (C=O) groups excluding carboxylic acids is 2. The highest BCUT2D eigenvalue weighted by atomic mass is 35.5. The summed E-state index contributed by atoms with van der Waals surface area (Å²) in [4.78, 5) is 29.8. The fourth-order valence-corrected chi connectivity index (χ4v) is 5.01. The largest absolute Gasteiger partial charge is 0.497 e. The van der Waals surface area contributed by atoms with Gasteiger partial charge in [0.1, 0.15) is 42.3 Å². The van der Waals surface area contributed by atoms with Crippen LogP contribution in [0.25, 0.3) is 21.8 Å². The quantitative estimate of drug-likeness (QED) is 0.0807. The Morgan fingerprint density at radius 1 is 0.816 bits per heavy atom. The summed E-state index contributed by atoms with van der Waals surface area (Å²) < 4.78 is 16.6. The van der Waals surface area contributed by atoms with Crippen molar-refractivity contribution < 1.29 is 28.9 Å². The first kappa shape index (κ1) is 35.0. The van der Waals surface area contributed by atoms with Crippen molar-refractivity contribution in [3.8, 4) is 17.2 Å². The second-order valence-electron chi connectivity index (χ2n) is 11.6. The number of aliphatic hydroxyl groups excluding tert-OH is 1. The van der Waals surface area contributed by atoms with E-state index in [9.17, 15) is 14.7 Å². The summed E-state index contributed by atoms with van der Waals surface area (Å²) in [6, 6.07) is 32.0. The lowest BCUT2D eigenvalue weighted by atomic mass is 10.2. The molecule has 254 valence electrons. The Bertz CT molecular complexity index is 1990. The SMILES string of the molecule is COc1ccc2[nH]c(C(=O)Nc3ccc(OCC(O)CNC(C)C)cc3)cc2c1.O=C(Cl)c1cc2c(OCc3ccccc3)cccc2[nH]1. The molecule has 4 aromatic carbocycles. The van der Waals surface area contributed by atoms with E-state index in [1.54, 1.807) is 43.5 Å². The monoisotopic (exact) mass is 682 g/mol. The average molecular weight is 683 g/mol. The summed E-state index contributed by atoms with van der Waals surface area (Å²) in [5.41, 5.74) is 4.28. The van der Waals surface area contributed by atoms with E-state index in [1.165, 1.54) is 0 Å². The number of fused-ring (bicyclic) bond motifs is 2. The number of rotatable bonds is 13. The number of H-pyrrole nitrogens is 2. The predicted molar refractivity (Wildman–Crippen MR) is 193 cm³/mol. The van der Waals surface area contributed by atoms with Crippen LogP contribution in [-0.2, 0) is 6.61 Å². The van der Waals surface area contributed by atoms with Crippen LogP contribution in [0, 0.1) is 0 Å². The molecule has 0 aliphatic heterocycles. The van der Waals surface area contributed by atoms with Gasteiger partial charge in [0.15, 0.2) is 0 Å². The van der Waals surface area contributed by atoms with Crippen LogP contribution in [-0.4, -0.2) is 58.6 Å². The van der Waals surface area contributed by atoms with Crippen LogP contribution >= 0.6 is 11.6 Å². The molecule has 0 aliphatic carbocycles. The number of carbonyl (C=O) groups is 2. The van der Waals surface area contributed by atoms with E-state index in [4.69, 9.17) is 25.8 Å². The standard InChI is InChI=1S/C22H27N3O4.C16H12ClNO2/c1-14(2)23-12-17(26)13-29-18-6-4-16(5-7-18)24-22(27)21-11-15-10-19(28-3)8-9-20(15)25-21;17-16(19)14-9-12-13(18-14)7-4-8-15(12)20-10-11-5-2-1-3-6-11/h4-11,14,17,23,25-26H,12-13H2,1-3H3,(H,24,27);1-9,18H,10H2. The van der Waals surface area contributed by atoms with Crippen molar-refractivity contribution in [2.45, 2.75) is 32.6 Å². The smallest absolute Gasteiger partial charge is 0.272 e. The average Bonchev–Trinajstić information content (AvgIpc) is 3.75. The molecule has 2 heterocycles.